The first-order valence-corrected chi connectivity index (χ1v) is 5.97. The van der Waals surface area contributed by atoms with Crippen LogP contribution >= 0.6 is 0 Å². The van der Waals surface area contributed by atoms with E-state index in [2.05, 4.69) is 10.1 Å². The highest BCUT2D eigenvalue weighted by Crippen LogP contribution is 2.24. The summed E-state index contributed by atoms with van der Waals surface area (Å²) >= 11 is 0. The second-order valence-electron chi connectivity index (χ2n) is 4.31. The van der Waals surface area contributed by atoms with E-state index >= 15 is 0 Å². The predicted molar refractivity (Wildman–Crippen MR) is 66.3 cm³/mol. The van der Waals surface area contributed by atoms with E-state index in [1.165, 1.54) is 12.1 Å². The van der Waals surface area contributed by atoms with Crippen molar-refractivity contribution in [1.82, 2.24) is 10.1 Å². The zero-order valence-electron chi connectivity index (χ0n) is 10.5. The summed E-state index contributed by atoms with van der Waals surface area (Å²) in [4.78, 5) is 4.26. The summed E-state index contributed by atoms with van der Waals surface area (Å²) in [5.74, 6) is 0.600. The minimum absolute atomic E-state index is 0.215. The highest BCUT2D eigenvalue weighted by molar-refractivity contribution is 5.57. The number of nitrogens with two attached hydrogens (primary N) is 1. The van der Waals surface area contributed by atoms with Crippen molar-refractivity contribution in [3.05, 3.63) is 35.4 Å². The van der Waals surface area contributed by atoms with Gasteiger partial charge in [0.1, 0.15) is 5.82 Å². The molecule has 2 aromatic rings. The molecule has 0 radical (unpaired) electrons. The third kappa shape index (κ3) is 2.56. The van der Waals surface area contributed by atoms with Crippen molar-refractivity contribution in [1.29, 1.82) is 0 Å². The molecule has 0 amide bonds. The Kier molecular flexibility index (Phi) is 3.72. The van der Waals surface area contributed by atoms with Crippen molar-refractivity contribution < 1.29 is 8.91 Å². The van der Waals surface area contributed by atoms with Gasteiger partial charge in [-0.1, -0.05) is 18.5 Å². The first-order chi connectivity index (χ1) is 8.61. The minimum Gasteiger partial charge on any atom is -0.334 e. The van der Waals surface area contributed by atoms with E-state index in [-0.39, 0.29) is 11.9 Å². The second kappa shape index (κ2) is 5.27. The van der Waals surface area contributed by atoms with E-state index in [0.29, 0.717) is 11.7 Å². The van der Waals surface area contributed by atoms with E-state index < -0.39 is 0 Å². The molecule has 2 rings (SSSR count). The molecule has 0 aliphatic carbocycles. The average molecular weight is 249 g/mol. The van der Waals surface area contributed by atoms with Crippen molar-refractivity contribution in [2.24, 2.45) is 5.73 Å². The van der Waals surface area contributed by atoms with Gasteiger partial charge in [0.15, 0.2) is 5.82 Å². The van der Waals surface area contributed by atoms with Crippen LogP contribution in [-0.2, 0) is 0 Å². The van der Waals surface area contributed by atoms with Gasteiger partial charge in [-0.05, 0) is 37.1 Å². The van der Waals surface area contributed by atoms with E-state index in [0.717, 1.165) is 24.0 Å². The van der Waals surface area contributed by atoms with E-state index in [1.54, 1.807) is 13.0 Å². The molecule has 96 valence electrons. The first-order valence-electron chi connectivity index (χ1n) is 5.97. The molecule has 5 heteroatoms. The molecule has 0 fully saturated rings. The highest BCUT2D eigenvalue weighted by atomic mass is 19.1. The molecule has 1 unspecified atom stereocenters. The van der Waals surface area contributed by atoms with Crippen LogP contribution in [0.15, 0.2) is 22.7 Å². The molecule has 2 N–H and O–H groups in total. The minimum atomic E-state index is -0.279. The molecule has 1 aromatic heterocycles. The Morgan fingerprint density at radius 1 is 1.44 bits per heavy atom. The largest absolute Gasteiger partial charge is 0.334 e. The van der Waals surface area contributed by atoms with Crippen LogP contribution in [0.4, 0.5) is 4.39 Å². The van der Waals surface area contributed by atoms with E-state index in [9.17, 15) is 4.39 Å². The van der Waals surface area contributed by atoms with Gasteiger partial charge in [0, 0.05) is 5.56 Å². The number of rotatable bonds is 4. The first kappa shape index (κ1) is 12.7. The lowest BCUT2D eigenvalue weighted by Gasteiger charge is -2.03. The van der Waals surface area contributed by atoms with Crippen molar-refractivity contribution in [2.75, 3.05) is 0 Å². The van der Waals surface area contributed by atoms with Gasteiger partial charge in [-0.25, -0.2) is 4.39 Å². The van der Waals surface area contributed by atoms with Gasteiger partial charge in [-0.3, -0.25) is 0 Å². The molecule has 0 aliphatic heterocycles. The number of hydrogen-bond donors (Lipinski definition) is 1. The van der Waals surface area contributed by atoms with Gasteiger partial charge in [0.05, 0.1) is 6.04 Å². The summed E-state index contributed by atoms with van der Waals surface area (Å²) < 4.78 is 18.2. The maximum atomic E-state index is 13.0. The molecule has 0 saturated heterocycles. The third-order valence-corrected chi connectivity index (χ3v) is 2.79. The zero-order valence-corrected chi connectivity index (χ0v) is 10.5. The van der Waals surface area contributed by atoms with Gasteiger partial charge in [-0.2, -0.15) is 4.98 Å². The van der Waals surface area contributed by atoms with Crippen molar-refractivity contribution in [3.63, 3.8) is 0 Å². The summed E-state index contributed by atoms with van der Waals surface area (Å²) in [6, 6.07) is 4.23. The SMILES string of the molecule is CCCC(N)c1noc(-c2ccc(F)cc2C)n1. The van der Waals surface area contributed by atoms with Gasteiger partial charge < -0.3 is 10.3 Å². The fraction of sp³-hybridized carbons (Fsp3) is 0.385. The van der Waals surface area contributed by atoms with E-state index in [1.807, 2.05) is 6.92 Å². The summed E-state index contributed by atoms with van der Waals surface area (Å²) in [5.41, 5.74) is 7.41. The fourth-order valence-electron chi connectivity index (χ4n) is 1.80. The Hall–Kier alpha value is -1.75. The molecule has 18 heavy (non-hydrogen) atoms. The second-order valence-corrected chi connectivity index (χ2v) is 4.31. The molecule has 1 atom stereocenters. The third-order valence-electron chi connectivity index (χ3n) is 2.79. The standard InChI is InChI=1S/C13H16FN3O/c1-3-4-11(15)12-16-13(18-17-12)10-6-5-9(14)7-8(10)2/h5-7,11H,3-4,15H2,1-2H3. The van der Waals surface area contributed by atoms with Crippen LogP contribution in [-0.4, -0.2) is 10.1 Å². The number of benzene rings is 1. The molecule has 1 aromatic carbocycles. The lowest BCUT2D eigenvalue weighted by atomic mass is 10.1. The maximum Gasteiger partial charge on any atom is 0.258 e. The molecule has 0 saturated carbocycles. The summed E-state index contributed by atoms with van der Waals surface area (Å²) in [6.45, 7) is 3.85. The Balaban J connectivity index is 2.29. The number of hydrogen-bond acceptors (Lipinski definition) is 4. The van der Waals surface area contributed by atoms with Gasteiger partial charge in [0.25, 0.3) is 5.89 Å². The van der Waals surface area contributed by atoms with Crippen LogP contribution in [0.2, 0.25) is 0 Å². The molecular weight excluding hydrogens is 233 g/mol. The monoisotopic (exact) mass is 249 g/mol. The van der Waals surface area contributed by atoms with Crippen LogP contribution in [0.5, 0.6) is 0 Å². The maximum absolute atomic E-state index is 13.0. The fourth-order valence-corrected chi connectivity index (χ4v) is 1.80. The molecule has 4 nitrogen and oxygen atoms in total. The number of aromatic nitrogens is 2. The molecule has 1 heterocycles. The lowest BCUT2D eigenvalue weighted by Crippen LogP contribution is -2.11. The van der Waals surface area contributed by atoms with Crippen LogP contribution < -0.4 is 5.73 Å². The van der Waals surface area contributed by atoms with Gasteiger partial charge in [0.2, 0.25) is 0 Å². The van der Waals surface area contributed by atoms with Crippen molar-refractivity contribution >= 4 is 0 Å². The number of halogens is 1. The normalized spacial score (nSPS) is 12.7. The number of aryl methyl sites for hydroxylation is 1. The van der Waals surface area contributed by atoms with Gasteiger partial charge >= 0.3 is 0 Å². The van der Waals surface area contributed by atoms with Crippen molar-refractivity contribution in [2.45, 2.75) is 32.7 Å². The topological polar surface area (TPSA) is 64.9 Å². The Morgan fingerprint density at radius 2 is 2.22 bits per heavy atom. The van der Waals surface area contributed by atoms with Crippen LogP contribution in [0, 0.1) is 12.7 Å². The van der Waals surface area contributed by atoms with Crippen LogP contribution in [0.3, 0.4) is 0 Å². The van der Waals surface area contributed by atoms with Crippen LogP contribution in [0.25, 0.3) is 11.5 Å². The van der Waals surface area contributed by atoms with Crippen molar-refractivity contribution in [3.8, 4) is 11.5 Å². The summed E-state index contributed by atoms with van der Waals surface area (Å²) in [7, 11) is 0. The van der Waals surface area contributed by atoms with Gasteiger partial charge in [-0.15, -0.1) is 0 Å². The molecular formula is C13H16FN3O. The molecule has 0 spiro atoms. The highest BCUT2D eigenvalue weighted by Gasteiger charge is 2.15. The summed E-state index contributed by atoms with van der Waals surface area (Å²) in [5, 5.41) is 3.87. The quantitative estimate of drug-likeness (QED) is 0.904. The van der Waals surface area contributed by atoms with E-state index in [4.69, 9.17) is 10.3 Å². The Morgan fingerprint density at radius 3 is 2.89 bits per heavy atom. The lowest BCUT2D eigenvalue weighted by molar-refractivity contribution is 0.413. The van der Waals surface area contributed by atoms with Crippen LogP contribution in [0.1, 0.15) is 37.2 Å². The number of nitrogens with zero attached hydrogens (tertiary/aromatic N) is 2. The molecule has 0 aliphatic rings. The smallest absolute Gasteiger partial charge is 0.258 e. The Labute approximate surface area is 105 Å². The zero-order chi connectivity index (χ0) is 13.1. The predicted octanol–water partition coefficient (Wildman–Crippen LogP) is 2.98. The average Bonchev–Trinajstić information content (AvgIpc) is 2.78. The Bertz CT molecular complexity index is 539. The summed E-state index contributed by atoms with van der Waals surface area (Å²) in [6.07, 6.45) is 1.77. The molecule has 0 bridgehead atoms.